The van der Waals surface area contributed by atoms with Crippen LogP contribution in [-0.2, 0) is 11.2 Å². The summed E-state index contributed by atoms with van der Waals surface area (Å²) in [5, 5.41) is 8.34. The Labute approximate surface area is 95.1 Å². The van der Waals surface area contributed by atoms with E-state index in [0.29, 0.717) is 6.42 Å². The molecule has 0 saturated carbocycles. The molecule has 16 heavy (non-hydrogen) atoms. The van der Waals surface area contributed by atoms with Gasteiger partial charge < -0.3 is 9.84 Å². The van der Waals surface area contributed by atoms with Crippen LogP contribution in [0.2, 0.25) is 0 Å². The molecule has 0 amide bonds. The van der Waals surface area contributed by atoms with Crippen molar-refractivity contribution in [2.45, 2.75) is 26.4 Å². The van der Waals surface area contributed by atoms with Crippen LogP contribution in [0.3, 0.4) is 0 Å². The van der Waals surface area contributed by atoms with E-state index in [1.165, 1.54) is 0 Å². The normalized spacial score (nSPS) is 9.44. The highest BCUT2D eigenvalue weighted by Gasteiger charge is 1.97. The average molecular weight is 218 g/mol. The topological polar surface area (TPSA) is 46.5 Å². The van der Waals surface area contributed by atoms with Gasteiger partial charge in [-0.2, -0.15) is 0 Å². The first-order chi connectivity index (χ1) is 7.58. The lowest BCUT2D eigenvalue weighted by Gasteiger charge is -2.09. The second-order valence-electron chi connectivity index (χ2n) is 3.59. The van der Waals surface area contributed by atoms with E-state index in [9.17, 15) is 4.79 Å². The minimum Gasteiger partial charge on any atom is -0.491 e. The van der Waals surface area contributed by atoms with Crippen LogP contribution in [0.25, 0.3) is 0 Å². The number of aliphatic carboxylic acids is 1. The van der Waals surface area contributed by atoms with Gasteiger partial charge >= 0.3 is 5.97 Å². The fourth-order valence-corrected chi connectivity index (χ4v) is 1.18. The van der Waals surface area contributed by atoms with Crippen molar-refractivity contribution in [1.29, 1.82) is 0 Å². The first-order valence-corrected chi connectivity index (χ1v) is 5.05. The lowest BCUT2D eigenvalue weighted by Crippen LogP contribution is -2.05. The van der Waals surface area contributed by atoms with Crippen molar-refractivity contribution in [2.24, 2.45) is 0 Å². The van der Waals surface area contributed by atoms with Gasteiger partial charge in [-0.25, -0.2) is 4.79 Å². The fourth-order valence-electron chi connectivity index (χ4n) is 1.18. The monoisotopic (exact) mass is 218 g/mol. The standard InChI is InChI=1S/C13H14O3/c1-10(2)16-12-8-6-11(7-9-12)4-3-5-13(14)15/h6-10H,4H2,1-2H3,(H,14,15). The van der Waals surface area contributed by atoms with Crippen molar-refractivity contribution in [2.75, 3.05) is 0 Å². The highest BCUT2D eigenvalue weighted by atomic mass is 16.5. The van der Waals surface area contributed by atoms with Crippen molar-refractivity contribution in [3.8, 4) is 17.6 Å². The molecule has 0 bridgehead atoms. The number of carboxylic acids is 1. The lowest BCUT2D eigenvalue weighted by molar-refractivity contribution is -0.130. The summed E-state index contributed by atoms with van der Waals surface area (Å²) in [6.45, 7) is 3.93. The maximum Gasteiger partial charge on any atom is 0.381 e. The van der Waals surface area contributed by atoms with E-state index in [1.54, 1.807) is 0 Å². The van der Waals surface area contributed by atoms with Crippen LogP contribution in [0.4, 0.5) is 0 Å². The molecule has 3 heteroatoms. The third kappa shape index (κ3) is 4.52. The first-order valence-electron chi connectivity index (χ1n) is 5.05. The van der Waals surface area contributed by atoms with Crippen LogP contribution < -0.4 is 4.74 Å². The number of hydrogen-bond donors (Lipinski definition) is 1. The van der Waals surface area contributed by atoms with E-state index in [-0.39, 0.29) is 6.10 Å². The number of ether oxygens (including phenoxy) is 1. The molecule has 1 aromatic carbocycles. The summed E-state index contributed by atoms with van der Waals surface area (Å²) in [4.78, 5) is 10.2. The predicted molar refractivity (Wildman–Crippen MR) is 61.3 cm³/mol. The van der Waals surface area contributed by atoms with Gasteiger partial charge in [-0.15, -0.1) is 0 Å². The minimum atomic E-state index is -1.10. The highest BCUT2D eigenvalue weighted by Crippen LogP contribution is 2.13. The van der Waals surface area contributed by atoms with Crippen LogP contribution in [0.1, 0.15) is 19.4 Å². The Morgan fingerprint density at radius 1 is 1.38 bits per heavy atom. The van der Waals surface area contributed by atoms with Gasteiger partial charge in [-0.1, -0.05) is 18.1 Å². The van der Waals surface area contributed by atoms with Gasteiger partial charge in [0.25, 0.3) is 0 Å². The molecule has 0 aliphatic rings. The Hall–Kier alpha value is -1.95. The molecule has 0 heterocycles. The van der Waals surface area contributed by atoms with Gasteiger partial charge in [0.2, 0.25) is 0 Å². The maximum absolute atomic E-state index is 10.2. The van der Waals surface area contributed by atoms with E-state index in [4.69, 9.17) is 9.84 Å². The van der Waals surface area contributed by atoms with Gasteiger partial charge in [-0.3, -0.25) is 0 Å². The molecular formula is C13H14O3. The zero-order valence-corrected chi connectivity index (χ0v) is 9.36. The first kappa shape index (κ1) is 12.1. The molecule has 0 aliphatic heterocycles. The summed E-state index contributed by atoms with van der Waals surface area (Å²) >= 11 is 0. The third-order valence-corrected chi connectivity index (χ3v) is 1.78. The minimum absolute atomic E-state index is 0.151. The smallest absolute Gasteiger partial charge is 0.381 e. The van der Waals surface area contributed by atoms with Crippen molar-refractivity contribution in [1.82, 2.24) is 0 Å². The largest absolute Gasteiger partial charge is 0.491 e. The Morgan fingerprint density at radius 2 is 2.00 bits per heavy atom. The quantitative estimate of drug-likeness (QED) is 0.790. The Kier molecular flexibility index (Phi) is 4.41. The van der Waals surface area contributed by atoms with E-state index in [1.807, 2.05) is 38.1 Å². The SMILES string of the molecule is CC(C)Oc1ccc(CC#CC(=O)O)cc1. The molecule has 84 valence electrons. The number of carboxylic acid groups (broad SMARTS) is 1. The van der Waals surface area contributed by atoms with Gasteiger partial charge in [-0.05, 0) is 31.5 Å². The zero-order chi connectivity index (χ0) is 12.0. The van der Waals surface area contributed by atoms with Gasteiger partial charge in [0, 0.05) is 12.3 Å². The molecule has 1 N–H and O–H groups in total. The fraction of sp³-hybridized carbons (Fsp3) is 0.308. The summed E-state index contributed by atoms with van der Waals surface area (Å²) in [6, 6.07) is 7.48. The Balaban J connectivity index is 2.59. The summed E-state index contributed by atoms with van der Waals surface area (Å²) in [7, 11) is 0. The van der Waals surface area contributed by atoms with Crippen LogP contribution >= 0.6 is 0 Å². The maximum atomic E-state index is 10.2. The summed E-state index contributed by atoms with van der Waals surface area (Å²) in [5.41, 5.74) is 0.977. The average Bonchev–Trinajstić information content (AvgIpc) is 2.19. The summed E-state index contributed by atoms with van der Waals surface area (Å²) in [5.74, 6) is 4.36. The van der Waals surface area contributed by atoms with Gasteiger partial charge in [0.1, 0.15) is 5.75 Å². The van der Waals surface area contributed by atoms with Crippen molar-refractivity contribution >= 4 is 5.97 Å². The molecule has 1 aromatic rings. The molecule has 3 nitrogen and oxygen atoms in total. The van der Waals surface area contributed by atoms with Crippen LogP contribution in [-0.4, -0.2) is 17.2 Å². The molecular weight excluding hydrogens is 204 g/mol. The Morgan fingerprint density at radius 3 is 2.50 bits per heavy atom. The zero-order valence-electron chi connectivity index (χ0n) is 9.36. The predicted octanol–water partition coefficient (Wildman–Crippen LogP) is 2.10. The van der Waals surface area contributed by atoms with E-state index in [0.717, 1.165) is 11.3 Å². The highest BCUT2D eigenvalue weighted by molar-refractivity contribution is 5.86. The molecule has 0 spiro atoms. The van der Waals surface area contributed by atoms with E-state index in [2.05, 4.69) is 11.8 Å². The number of hydrogen-bond acceptors (Lipinski definition) is 2. The molecule has 0 unspecified atom stereocenters. The number of benzene rings is 1. The van der Waals surface area contributed by atoms with E-state index < -0.39 is 5.97 Å². The van der Waals surface area contributed by atoms with E-state index >= 15 is 0 Å². The van der Waals surface area contributed by atoms with Crippen LogP contribution in [0.5, 0.6) is 5.75 Å². The summed E-state index contributed by atoms with van der Waals surface area (Å²) < 4.78 is 5.48. The van der Waals surface area contributed by atoms with Crippen molar-refractivity contribution in [3.63, 3.8) is 0 Å². The number of rotatable bonds is 3. The van der Waals surface area contributed by atoms with Crippen LogP contribution in [0, 0.1) is 11.8 Å². The lowest BCUT2D eigenvalue weighted by atomic mass is 10.1. The molecule has 0 aliphatic carbocycles. The Bertz CT molecular complexity index is 407. The van der Waals surface area contributed by atoms with Crippen molar-refractivity contribution < 1.29 is 14.6 Å². The molecule has 0 aromatic heterocycles. The van der Waals surface area contributed by atoms with Gasteiger partial charge in [0.05, 0.1) is 6.10 Å². The molecule has 1 rings (SSSR count). The summed E-state index contributed by atoms with van der Waals surface area (Å²) in [6.07, 6.45) is 0.589. The molecule has 0 radical (unpaired) electrons. The van der Waals surface area contributed by atoms with Crippen LogP contribution in [0.15, 0.2) is 24.3 Å². The molecule has 0 saturated heterocycles. The second-order valence-corrected chi connectivity index (χ2v) is 3.59. The second kappa shape index (κ2) is 5.82. The van der Waals surface area contributed by atoms with Gasteiger partial charge in [0.15, 0.2) is 0 Å². The molecule has 0 atom stereocenters. The number of carbonyl (C=O) groups is 1. The van der Waals surface area contributed by atoms with Crippen molar-refractivity contribution in [3.05, 3.63) is 29.8 Å². The third-order valence-electron chi connectivity index (χ3n) is 1.78. The molecule has 0 fully saturated rings.